The van der Waals surface area contributed by atoms with E-state index in [-0.39, 0.29) is 0 Å². The smallest absolute Gasteiger partial charge is 0.328 e. The molecular formula is C6H8O4S. The van der Waals surface area contributed by atoms with E-state index in [1.807, 2.05) is 0 Å². The summed E-state index contributed by atoms with van der Waals surface area (Å²) in [6.07, 6.45) is 0.907. The number of hydrogen-bond donors (Lipinski definition) is 2. The van der Waals surface area contributed by atoms with Crippen LogP contribution in [0, 0.1) is 0 Å². The van der Waals surface area contributed by atoms with Crippen molar-refractivity contribution in [1.29, 1.82) is 0 Å². The van der Waals surface area contributed by atoms with E-state index in [9.17, 15) is 9.59 Å². The van der Waals surface area contributed by atoms with Crippen LogP contribution in [-0.2, 0) is 9.59 Å². The molecule has 0 fully saturated rings. The second-order valence-corrected chi connectivity index (χ2v) is 3.01. The van der Waals surface area contributed by atoms with Crippen LogP contribution in [-0.4, -0.2) is 27.4 Å². The zero-order chi connectivity index (χ0) is 8.85. The van der Waals surface area contributed by atoms with Crippen molar-refractivity contribution in [3.63, 3.8) is 0 Å². The Hall–Kier alpha value is -0.970. The van der Waals surface area contributed by atoms with Gasteiger partial charge in [0.05, 0.1) is 0 Å². The highest BCUT2D eigenvalue weighted by molar-refractivity contribution is 8.03. The molecule has 0 saturated heterocycles. The van der Waals surface area contributed by atoms with Gasteiger partial charge in [-0.25, -0.2) is 4.79 Å². The lowest BCUT2D eigenvalue weighted by molar-refractivity contribution is -0.136. The summed E-state index contributed by atoms with van der Waals surface area (Å²) in [5.74, 6) is -2.03. The van der Waals surface area contributed by atoms with E-state index in [1.54, 1.807) is 0 Å². The van der Waals surface area contributed by atoms with Gasteiger partial charge in [0.2, 0.25) is 0 Å². The first-order valence-corrected chi connectivity index (χ1v) is 3.76. The maximum absolute atomic E-state index is 10.2. The molecule has 1 atom stereocenters. The van der Waals surface area contributed by atoms with Crippen molar-refractivity contribution in [2.45, 2.75) is 12.2 Å². The van der Waals surface area contributed by atoms with Gasteiger partial charge in [-0.3, -0.25) is 4.79 Å². The van der Waals surface area contributed by atoms with Gasteiger partial charge in [0.15, 0.2) is 0 Å². The Morgan fingerprint density at radius 1 is 1.45 bits per heavy atom. The van der Waals surface area contributed by atoms with E-state index >= 15 is 0 Å². The van der Waals surface area contributed by atoms with Gasteiger partial charge in [0, 0.05) is 6.08 Å². The number of aliphatic carboxylic acids is 2. The van der Waals surface area contributed by atoms with Crippen molar-refractivity contribution in [3.8, 4) is 0 Å². The summed E-state index contributed by atoms with van der Waals surface area (Å²) in [4.78, 5) is 20.1. The van der Waals surface area contributed by atoms with Gasteiger partial charge >= 0.3 is 11.9 Å². The molecule has 0 radical (unpaired) electrons. The minimum Gasteiger partial charge on any atom is -0.480 e. The minimum absolute atomic E-state index is 0.606. The van der Waals surface area contributed by atoms with Crippen LogP contribution >= 0.6 is 11.8 Å². The van der Waals surface area contributed by atoms with Gasteiger partial charge in [0.25, 0.3) is 0 Å². The highest BCUT2D eigenvalue weighted by Gasteiger charge is 2.08. The van der Waals surface area contributed by atoms with Crippen LogP contribution in [0.4, 0.5) is 0 Å². The Bertz CT molecular complexity index is 187. The molecule has 0 aromatic carbocycles. The Morgan fingerprint density at radius 3 is 2.36 bits per heavy atom. The summed E-state index contributed by atoms with van der Waals surface area (Å²) in [6, 6.07) is 0. The highest BCUT2D eigenvalue weighted by Crippen LogP contribution is 2.10. The summed E-state index contributed by atoms with van der Waals surface area (Å²) in [7, 11) is 0. The lowest BCUT2D eigenvalue weighted by atomic mass is 10.5. The van der Waals surface area contributed by atoms with Gasteiger partial charge < -0.3 is 10.2 Å². The molecule has 0 heterocycles. The van der Waals surface area contributed by atoms with Crippen LogP contribution in [0.25, 0.3) is 0 Å². The molecule has 11 heavy (non-hydrogen) atoms. The standard InChI is InChI=1S/C6H8O4S/c1-4(6(9)10)11-3-2-5(7)8/h2-4H,1H3,(H,7,8)(H,9,10)/b3-2+. The van der Waals surface area contributed by atoms with E-state index in [0.717, 1.165) is 17.8 Å². The summed E-state index contributed by atoms with van der Waals surface area (Å²) in [5.41, 5.74) is 0. The quantitative estimate of drug-likeness (QED) is 0.619. The monoisotopic (exact) mass is 176 g/mol. The molecule has 0 aromatic heterocycles. The zero-order valence-electron chi connectivity index (χ0n) is 5.85. The van der Waals surface area contributed by atoms with Gasteiger partial charge in [-0.05, 0) is 12.3 Å². The lowest BCUT2D eigenvalue weighted by Crippen LogP contribution is -2.10. The highest BCUT2D eigenvalue weighted by atomic mass is 32.2. The first-order valence-electron chi connectivity index (χ1n) is 2.81. The van der Waals surface area contributed by atoms with Crippen LogP contribution in [0.5, 0.6) is 0 Å². The summed E-state index contributed by atoms with van der Waals surface area (Å²) >= 11 is 0.952. The minimum atomic E-state index is -1.07. The second-order valence-electron chi connectivity index (χ2n) is 1.76. The molecule has 4 nitrogen and oxygen atoms in total. The lowest BCUT2D eigenvalue weighted by Gasteiger charge is -1.98. The van der Waals surface area contributed by atoms with Crippen LogP contribution in [0.3, 0.4) is 0 Å². The van der Waals surface area contributed by atoms with Crippen LogP contribution in [0.2, 0.25) is 0 Å². The number of carbonyl (C=O) groups is 2. The van der Waals surface area contributed by atoms with Crippen LogP contribution in [0.15, 0.2) is 11.5 Å². The number of hydrogen-bond acceptors (Lipinski definition) is 3. The molecule has 0 aliphatic carbocycles. The maximum Gasteiger partial charge on any atom is 0.328 e. The largest absolute Gasteiger partial charge is 0.480 e. The van der Waals surface area contributed by atoms with E-state index in [4.69, 9.17) is 10.2 Å². The van der Waals surface area contributed by atoms with Gasteiger partial charge in [-0.1, -0.05) is 0 Å². The molecule has 5 heteroatoms. The third kappa shape index (κ3) is 5.47. The average Bonchev–Trinajstić information content (AvgIpc) is 1.86. The molecule has 0 saturated carbocycles. The Morgan fingerprint density at radius 2 is 2.00 bits per heavy atom. The van der Waals surface area contributed by atoms with Gasteiger partial charge in [-0.15, -0.1) is 11.8 Å². The number of carboxylic acids is 2. The fraction of sp³-hybridized carbons (Fsp3) is 0.333. The summed E-state index contributed by atoms with van der Waals surface area (Å²) < 4.78 is 0. The van der Waals surface area contributed by atoms with E-state index in [2.05, 4.69) is 0 Å². The molecule has 0 aliphatic rings. The molecule has 1 unspecified atom stereocenters. The molecule has 0 aromatic rings. The average molecular weight is 176 g/mol. The Kier molecular flexibility index (Phi) is 4.36. The fourth-order valence-electron chi connectivity index (χ4n) is 0.274. The van der Waals surface area contributed by atoms with Crippen LogP contribution < -0.4 is 0 Å². The van der Waals surface area contributed by atoms with Crippen molar-refractivity contribution in [2.75, 3.05) is 0 Å². The normalized spacial score (nSPS) is 13.2. The van der Waals surface area contributed by atoms with Gasteiger partial charge in [-0.2, -0.15) is 0 Å². The third-order valence-corrected chi connectivity index (χ3v) is 1.74. The number of carboxylic acid groups (broad SMARTS) is 2. The maximum atomic E-state index is 10.2. The van der Waals surface area contributed by atoms with Crippen LogP contribution in [0.1, 0.15) is 6.92 Å². The number of rotatable bonds is 4. The second kappa shape index (κ2) is 4.79. The van der Waals surface area contributed by atoms with Crippen molar-refractivity contribution < 1.29 is 19.8 Å². The fourth-order valence-corrected chi connectivity index (χ4v) is 0.821. The predicted octanol–water partition coefficient (Wildman–Crippen LogP) is 0.791. The topological polar surface area (TPSA) is 74.6 Å². The summed E-state index contributed by atoms with van der Waals surface area (Å²) in [6.45, 7) is 1.49. The first-order chi connectivity index (χ1) is 5.04. The van der Waals surface area contributed by atoms with E-state index in [0.29, 0.717) is 0 Å². The Balaban J connectivity index is 3.70. The van der Waals surface area contributed by atoms with E-state index < -0.39 is 17.2 Å². The molecule has 0 amide bonds. The third-order valence-electron chi connectivity index (χ3n) is 0.841. The van der Waals surface area contributed by atoms with Gasteiger partial charge in [0.1, 0.15) is 5.25 Å². The van der Waals surface area contributed by atoms with Crippen molar-refractivity contribution in [2.24, 2.45) is 0 Å². The van der Waals surface area contributed by atoms with Crippen molar-refractivity contribution in [1.82, 2.24) is 0 Å². The molecule has 62 valence electrons. The SMILES string of the molecule is CC(S/C=C/C(=O)O)C(=O)O. The van der Waals surface area contributed by atoms with Crippen molar-refractivity contribution >= 4 is 23.7 Å². The predicted molar refractivity (Wildman–Crippen MR) is 41.5 cm³/mol. The number of thioether (sulfide) groups is 1. The molecular weight excluding hydrogens is 168 g/mol. The molecule has 2 N–H and O–H groups in total. The van der Waals surface area contributed by atoms with Crippen molar-refractivity contribution in [3.05, 3.63) is 11.5 Å². The molecule has 0 aliphatic heterocycles. The van der Waals surface area contributed by atoms with E-state index in [1.165, 1.54) is 12.3 Å². The molecule has 0 bridgehead atoms. The first kappa shape index (κ1) is 10.0. The molecule has 0 rings (SSSR count). The zero-order valence-corrected chi connectivity index (χ0v) is 6.67. The molecule has 0 spiro atoms. The Labute approximate surface area is 67.9 Å². The summed E-state index contributed by atoms with van der Waals surface area (Å²) in [5, 5.41) is 17.1.